The molecule has 0 N–H and O–H groups in total. The largest absolute Gasteiger partial charge is 0.446 e. The van der Waals surface area contributed by atoms with Gasteiger partial charge in [0, 0.05) is 64.0 Å². The van der Waals surface area contributed by atoms with E-state index in [4.69, 9.17) is 8.83 Å². The molecule has 13 nitrogen and oxygen atoms in total. The minimum absolute atomic E-state index is 0. The fourth-order valence-electron chi connectivity index (χ4n) is 9.23. The summed E-state index contributed by atoms with van der Waals surface area (Å²) in [4.78, 5) is 46.8. The first kappa shape index (κ1) is 86.3. The quantitative estimate of drug-likeness (QED) is 0.142. The van der Waals surface area contributed by atoms with Crippen molar-refractivity contribution in [3.05, 3.63) is 157 Å². The summed E-state index contributed by atoms with van der Waals surface area (Å²) in [5.74, 6) is 9.52. The highest BCUT2D eigenvalue weighted by atomic mass is 32.1. The zero-order valence-corrected chi connectivity index (χ0v) is 63.8. The first-order valence-corrected chi connectivity index (χ1v) is 33.4. The van der Waals surface area contributed by atoms with E-state index in [2.05, 4.69) is 241 Å². The van der Waals surface area contributed by atoms with Crippen LogP contribution in [0.1, 0.15) is 330 Å². The maximum atomic E-state index is 5.36. The molecule has 0 aromatic carbocycles. The molecule has 0 unspecified atom stereocenters. The number of aryl methyl sites for hydroxylation is 15. The highest BCUT2D eigenvalue weighted by molar-refractivity contribution is 7.12. The van der Waals surface area contributed by atoms with Gasteiger partial charge >= 0.3 is 0 Å². The summed E-state index contributed by atoms with van der Waals surface area (Å²) >= 11 is 3.60. The van der Waals surface area contributed by atoms with Crippen molar-refractivity contribution in [3.63, 3.8) is 0 Å². The van der Waals surface area contributed by atoms with Crippen LogP contribution in [0.2, 0.25) is 0 Å². The van der Waals surface area contributed by atoms with Crippen molar-refractivity contribution in [2.24, 2.45) is 7.05 Å². The Kier molecular flexibility index (Phi) is 37.9. The van der Waals surface area contributed by atoms with Gasteiger partial charge in [-0.15, -0.1) is 22.7 Å². The van der Waals surface area contributed by atoms with Gasteiger partial charge in [-0.3, -0.25) is 15.0 Å². The van der Waals surface area contributed by atoms with Gasteiger partial charge in [0.1, 0.15) is 23.2 Å². The molecule has 0 radical (unpaired) electrons. The minimum atomic E-state index is 0. The van der Waals surface area contributed by atoms with Crippen LogP contribution in [-0.2, 0) is 7.05 Å². The molecule has 506 valence electrons. The highest BCUT2D eigenvalue weighted by Gasteiger charge is 2.15. The standard InChI is InChI=1S/C12H19N.2C10H16N2.C9H16N2.2C8H13NO.2C8H13NS.2CH4/c1-7(2)12-10(5)8(3)9(4)11(6)13-12;1-6(2)10-9(5)11-7(3)8(4)12-10;1-6(2)10-7(3)8(4)11-9(5)12-10;1-6(2)9-7(3)11(5)8(4)10-9;1-5(2)8-6(3)10-7(4)9-8;1-5(2)8-9-6(3)7(4)10-8;1-5(2)8-6(3)10-7(4)9-8;1-5(2)8-9-6(3)7(4)10-8;;/h7H,1-6H3;2*6H,1-5H3;6H,1-5H3;4*5H,1-4H3;2*1H4. The second kappa shape index (κ2) is 39.6. The van der Waals surface area contributed by atoms with Crippen LogP contribution in [0.3, 0.4) is 0 Å². The summed E-state index contributed by atoms with van der Waals surface area (Å²) in [5, 5.41) is 2.44. The summed E-state index contributed by atoms with van der Waals surface area (Å²) in [6.07, 6.45) is 0. The smallest absolute Gasteiger partial charge is 0.197 e. The Balaban J connectivity index is 0. The van der Waals surface area contributed by atoms with Gasteiger partial charge in [0.2, 0.25) is 0 Å². The molecule has 8 aromatic heterocycles. The van der Waals surface area contributed by atoms with E-state index in [0.717, 1.165) is 74.8 Å². The Labute approximate surface area is 558 Å². The van der Waals surface area contributed by atoms with E-state index in [1.165, 1.54) is 81.9 Å². The Morgan fingerprint density at radius 3 is 1.09 bits per heavy atom. The Morgan fingerprint density at radius 2 is 0.778 bits per heavy atom. The minimum Gasteiger partial charge on any atom is -0.446 e. The molecule has 0 amide bonds. The van der Waals surface area contributed by atoms with Crippen molar-refractivity contribution >= 4 is 22.7 Å². The van der Waals surface area contributed by atoms with Crippen LogP contribution in [0.5, 0.6) is 0 Å². The molecule has 0 aliphatic rings. The number of pyridine rings is 1. The van der Waals surface area contributed by atoms with E-state index in [1.54, 1.807) is 11.3 Å². The third-order valence-electron chi connectivity index (χ3n) is 15.3. The SMILES string of the molecule is C.C.Cc1nc(C(C)C)c(C)c(C)c1C.Cc1nc(C(C)C)c(C)n1C.Cc1nc(C(C)C)c(C)o1.Cc1nc(C(C)C)c(C)s1.Cc1nc(C(C)C)oc1C.Cc1nc(C(C)C)sc1C.Cc1nc(C)c(C(C)C)nc1C.Cc1nc(C)c(C)c(C(C)C)n1. The number of thiazole rings is 2. The monoisotopic (exact) mass is 1280 g/mol. The van der Waals surface area contributed by atoms with Crippen LogP contribution in [0.4, 0.5) is 0 Å². The number of hydrogen-bond acceptors (Lipinski definition) is 14. The van der Waals surface area contributed by atoms with Crippen molar-refractivity contribution in [3.8, 4) is 0 Å². The van der Waals surface area contributed by atoms with Crippen LogP contribution >= 0.6 is 22.7 Å². The molecule has 8 aromatic rings. The third-order valence-corrected chi connectivity index (χ3v) is 17.6. The van der Waals surface area contributed by atoms with Gasteiger partial charge in [-0.25, -0.2) is 34.9 Å². The molecule has 0 atom stereocenters. The molecule has 8 rings (SSSR count). The van der Waals surface area contributed by atoms with Crippen molar-refractivity contribution in [1.82, 2.24) is 54.4 Å². The second-order valence-electron chi connectivity index (χ2n) is 25.9. The number of imidazole rings is 1. The fraction of sp³-hybridized carbons (Fsp3) is 0.627. The Bertz CT molecular complexity index is 3270. The topological polar surface area (TPSA) is 160 Å². The molecule has 0 spiro atoms. The molecule has 0 saturated heterocycles. The second-order valence-corrected chi connectivity index (χ2v) is 28.5. The maximum absolute atomic E-state index is 5.36. The van der Waals surface area contributed by atoms with Crippen molar-refractivity contribution in [2.75, 3.05) is 0 Å². The van der Waals surface area contributed by atoms with Crippen LogP contribution < -0.4 is 0 Å². The average Bonchev–Trinajstić information content (AvgIpc) is 1.70. The lowest BCUT2D eigenvalue weighted by Crippen LogP contribution is -2.03. The molecule has 0 aliphatic heterocycles. The molecule has 15 heteroatoms. The van der Waals surface area contributed by atoms with Gasteiger partial charge in [0.05, 0.1) is 61.3 Å². The Morgan fingerprint density at radius 1 is 0.311 bits per heavy atom. The zero-order valence-electron chi connectivity index (χ0n) is 62.2. The zero-order chi connectivity index (χ0) is 68.3. The highest BCUT2D eigenvalue weighted by Crippen LogP contribution is 2.27. The third kappa shape index (κ3) is 26.8. The van der Waals surface area contributed by atoms with Crippen molar-refractivity contribution in [1.29, 1.82) is 0 Å². The van der Waals surface area contributed by atoms with Crippen LogP contribution in [-0.4, -0.2) is 54.4 Å². The lowest BCUT2D eigenvalue weighted by atomic mass is 9.97. The van der Waals surface area contributed by atoms with Crippen LogP contribution in [0.25, 0.3) is 0 Å². The lowest BCUT2D eigenvalue weighted by Gasteiger charge is -2.15. The first-order chi connectivity index (χ1) is 40.5. The Hall–Kier alpha value is -5.80. The van der Waals surface area contributed by atoms with Crippen LogP contribution in [0, 0.1) is 138 Å². The van der Waals surface area contributed by atoms with Gasteiger partial charge in [-0.05, 0) is 189 Å². The molecule has 0 bridgehead atoms. The molecule has 90 heavy (non-hydrogen) atoms. The van der Waals surface area contributed by atoms with Gasteiger partial charge in [-0.2, -0.15) is 0 Å². The first-order valence-electron chi connectivity index (χ1n) is 31.8. The van der Waals surface area contributed by atoms with E-state index in [1.807, 2.05) is 80.6 Å². The van der Waals surface area contributed by atoms with E-state index >= 15 is 0 Å². The number of rotatable bonds is 8. The van der Waals surface area contributed by atoms with Gasteiger partial charge in [0.15, 0.2) is 11.8 Å². The molecule has 0 fully saturated rings. The molecule has 0 saturated carbocycles. The number of nitrogens with zero attached hydrogens (tertiary/aromatic N) is 11. The molecule has 8 heterocycles. The molecular weight excluding hydrogens is 1150 g/mol. The molecule has 0 aliphatic carbocycles. The number of oxazole rings is 2. The van der Waals surface area contributed by atoms with E-state index in [-0.39, 0.29) is 14.9 Å². The fourth-order valence-corrected chi connectivity index (χ4v) is 11.1. The molecular formula is C75H127N11O2S2. The van der Waals surface area contributed by atoms with E-state index in [9.17, 15) is 0 Å². The van der Waals surface area contributed by atoms with Crippen molar-refractivity contribution < 1.29 is 8.83 Å². The van der Waals surface area contributed by atoms with Gasteiger partial charge < -0.3 is 13.4 Å². The van der Waals surface area contributed by atoms with Crippen molar-refractivity contribution in [2.45, 2.75) is 311 Å². The summed E-state index contributed by atoms with van der Waals surface area (Å²) in [7, 11) is 2.06. The van der Waals surface area contributed by atoms with Gasteiger partial charge in [-0.1, -0.05) is 126 Å². The van der Waals surface area contributed by atoms with Gasteiger partial charge in [0.25, 0.3) is 0 Å². The summed E-state index contributed by atoms with van der Waals surface area (Å²) in [5.41, 5.74) is 21.4. The lowest BCUT2D eigenvalue weighted by molar-refractivity contribution is 0.450. The predicted molar refractivity (Wildman–Crippen MR) is 390 cm³/mol. The van der Waals surface area contributed by atoms with E-state index in [0.29, 0.717) is 47.3 Å². The van der Waals surface area contributed by atoms with Crippen LogP contribution in [0.15, 0.2) is 8.83 Å². The number of hydrogen-bond donors (Lipinski definition) is 0. The summed E-state index contributed by atoms with van der Waals surface area (Å²) in [6, 6.07) is 0. The summed E-state index contributed by atoms with van der Waals surface area (Å²) in [6.45, 7) is 75.4. The summed E-state index contributed by atoms with van der Waals surface area (Å²) < 4.78 is 12.8. The van der Waals surface area contributed by atoms with E-state index < -0.39 is 0 Å². The number of aromatic nitrogens is 11. The predicted octanol–water partition coefficient (Wildman–Crippen LogP) is 22.5. The maximum Gasteiger partial charge on any atom is 0.197 e. The average molecular weight is 1280 g/mol. The normalized spacial score (nSPS) is 10.7.